The molecular weight excluding hydrogens is 544 g/mol. The number of aromatic nitrogens is 1. The topological polar surface area (TPSA) is 130 Å². The number of carbonyl (C=O) groups excluding carboxylic acids is 2. The number of hydrogen-bond donors (Lipinski definition) is 1. The summed E-state index contributed by atoms with van der Waals surface area (Å²) in [7, 11) is -3.34. The average molecular weight is 573 g/mol. The monoisotopic (exact) mass is 572 g/mol. The van der Waals surface area contributed by atoms with Gasteiger partial charge in [0.1, 0.15) is 5.75 Å². The van der Waals surface area contributed by atoms with Gasteiger partial charge in [0.15, 0.2) is 21.1 Å². The van der Waals surface area contributed by atoms with Crippen LogP contribution in [0.5, 0.6) is 10.8 Å². The Morgan fingerprint density at radius 3 is 2.64 bits per heavy atom. The van der Waals surface area contributed by atoms with E-state index in [1.807, 2.05) is 0 Å². The standard InChI is InChI=1S/C27H28N2O8S2/c1-2-35-26(31)18-4-3-5-19(14-18)36-23-15-28-27(38-23)29-25(30)24(37-20-12-13-34-16-20)17-6-8-21(9-7-17)39(32,33)22-10-11-22/h3-9,14-15,20,22,24H,2,10-13,16H2,1H3,(H,28,29,30)/t20-,24?/m0/s1. The van der Waals surface area contributed by atoms with E-state index in [-0.39, 0.29) is 22.9 Å². The lowest BCUT2D eigenvalue weighted by molar-refractivity contribution is -0.131. The second-order valence-corrected chi connectivity index (χ2v) is 12.4. The molecule has 1 aliphatic heterocycles. The van der Waals surface area contributed by atoms with Crippen LogP contribution in [0, 0.1) is 0 Å². The maximum absolute atomic E-state index is 13.3. The second kappa shape index (κ2) is 11.8. The van der Waals surface area contributed by atoms with Gasteiger partial charge in [-0.05, 0) is 62.1 Å². The zero-order chi connectivity index (χ0) is 27.4. The van der Waals surface area contributed by atoms with Gasteiger partial charge in [0.05, 0.1) is 41.2 Å². The number of thiazole rings is 1. The van der Waals surface area contributed by atoms with E-state index in [0.29, 0.717) is 59.5 Å². The van der Waals surface area contributed by atoms with Crippen molar-refractivity contribution < 1.29 is 37.0 Å². The van der Waals surface area contributed by atoms with Gasteiger partial charge in [-0.1, -0.05) is 29.5 Å². The second-order valence-electron chi connectivity index (χ2n) is 9.14. The largest absolute Gasteiger partial charge is 0.462 e. The van der Waals surface area contributed by atoms with Gasteiger partial charge in [-0.15, -0.1) is 0 Å². The van der Waals surface area contributed by atoms with E-state index in [4.69, 9.17) is 18.9 Å². The minimum atomic E-state index is -3.34. The average Bonchev–Trinajstić information content (AvgIpc) is 3.52. The van der Waals surface area contributed by atoms with E-state index in [0.717, 1.165) is 11.3 Å². The number of nitrogens with one attached hydrogen (secondary N) is 1. The number of esters is 1. The molecule has 2 atom stereocenters. The van der Waals surface area contributed by atoms with Gasteiger partial charge >= 0.3 is 5.97 Å². The third-order valence-electron chi connectivity index (χ3n) is 6.21. The SMILES string of the molecule is CCOC(=O)c1cccc(Oc2cnc(NC(=O)C(O[C@H]3CCOC3)c3ccc(S(=O)(=O)C4CC4)cc3)s2)c1. The molecule has 2 heterocycles. The van der Waals surface area contributed by atoms with Crippen molar-refractivity contribution in [1.82, 2.24) is 4.98 Å². The minimum Gasteiger partial charge on any atom is -0.462 e. The van der Waals surface area contributed by atoms with Crippen LogP contribution in [0.2, 0.25) is 0 Å². The van der Waals surface area contributed by atoms with Crippen molar-refractivity contribution in [2.45, 2.75) is 48.5 Å². The van der Waals surface area contributed by atoms with Crippen LogP contribution < -0.4 is 10.1 Å². The number of sulfone groups is 1. The van der Waals surface area contributed by atoms with Crippen molar-refractivity contribution in [1.29, 1.82) is 0 Å². The van der Waals surface area contributed by atoms with Gasteiger partial charge < -0.3 is 18.9 Å². The lowest BCUT2D eigenvalue weighted by atomic mass is 10.1. The molecule has 3 aromatic rings. The van der Waals surface area contributed by atoms with E-state index >= 15 is 0 Å². The van der Waals surface area contributed by atoms with E-state index < -0.39 is 27.8 Å². The quantitative estimate of drug-likeness (QED) is 0.329. The zero-order valence-corrected chi connectivity index (χ0v) is 22.8. The smallest absolute Gasteiger partial charge is 0.338 e. The van der Waals surface area contributed by atoms with Crippen molar-refractivity contribution in [3.63, 3.8) is 0 Å². The van der Waals surface area contributed by atoms with Crippen LogP contribution >= 0.6 is 11.3 Å². The summed E-state index contributed by atoms with van der Waals surface area (Å²) in [4.78, 5) is 29.8. The van der Waals surface area contributed by atoms with E-state index in [2.05, 4.69) is 10.3 Å². The fraction of sp³-hybridized carbons (Fsp3) is 0.370. The summed E-state index contributed by atoms with van der Waals surface area (Å²) in [5.74, 6) is -0.479. The van der Waals surface area contributed by atoms with Crippen molar-refractivity contribution in [2.75, 3.05) is 25.1 Å². The molecule has 206 valence electrons. The highest BCUT2D eigenvalue weighted by Crippen LogP contribution is 2.35. The Kier molecular flexibility index (Phi) is 8.26. The molecule has 0 radical (unpaired) electrons. The Balaban J connectivity index is 1.29. The summed E-state index contributed by atoms with van der Waals surface area (Å²) in [6.45, 7) is 2.92. The molecule has 12 heteroatoms. The van der Waals surface area contributed by atoms with Crippen LogP contribution in [0.25, 0.3) is 0 Å². The van der Waals surface area contributed by atoms with Crippen LogP contribution in [-0.2, 0) is 28.8 Å². The number of rotatable bonds is 11. The zero-order valence-electron chi connectivity index (χ0n) is 21.2. The first-order chi connectivity index (χ1) is 18.8. The summed E-state index contributed by atoms with van der Waals surface area (Å²) in [6, 6.07) is 12.9. The van der Waals surface area contributed by atoms with Crippen LogP contribution in [0.1, 0.15) is 48.2 Å². The molecule has 2 aromatic carbocycles. The molecule has 2 fully saturated rings. The number of benzene rings is 2. The van der Waals surface area contributed by atoms with Crippen molar-refractivity contribution in [3.8, 4) is 10.8 Å². The molecule has 1 amide bonds. The highest BCUT2D eigenvalue weighted by molar-refractivity contribution is 7.92. The first-order valence-corrected chi connectivity index (χ1v) is 15.0. The minimum absolute atomic E-state index is 0.242. The van der Waals surface area contributed by atoms with Crippen LogP contribution in [0.15, 0.2) is 59.6 Å². The van der Waals surface area contributed by atoms with Gasteiger partial charge in [-0.25, -0.2) is 18.2 Å². The predicted octanol–water partition coefficient (Wildman–Crippen LogP) is 4.53. The number of carbonyl (C=O) groups is 2. The molecule has 5 rings (SSSR count). The van der Waals surface area contributed by atoms with Crippen molar-refractivity contribution in [2.24, 2.45) is 0 Å². The lowest BCUT2D eigenvalue weighted by Gasteiger charge is -2.21. The van der Waals surface area contributed by atoms with Gasteiger partial charge in [-0.2, -0.15) is 0 Å². The molecule has 1 saturated carbocycles. The number of nitrogens with zero attached hydrogens (tertiary/aromatic N) is 1. The molecule has 1 aliphatic carbocycles. The molecule has 1 saturated heterocycles. The molecule has 39 heavy (non-hydrogen) atoms. The Bertz CT molecular complexity index is 1430. The molecule has 0 spiro atoms. The molecule has 1 unspecified atom stereocenters. The van der Waals surface area contributed by atoms with Crippen molar-refractivity contribution in [3.05, 3.63) is 65.9 Å². The molecule has 1 N–H and O–H groups in total. The Morgan fingerprint density at radius 2 is 1.95 bits per heavy atom. The number of ether oxygens (including phenoxy) is 4. The summed E-state index contributed by atoms with van der Waals surface area (Å²) in [5.41, 5.74) is 0.886. The normalized spacial score (nSPS) is 17.9. The van der Waals surface area contributed by atoms with Crippen LogP contribution in [-0.4, -0.2) is 56.5 Å². The van der Waals surface area contributed by atoms with E-state index in [1.165, 1.54) is 18.3 Å². The number of hydrogen-bond acceptors (Lipinski definition) is 10. The predicted molar refractivity (Wildman–Crippen MR) is 143 cm³/mol. The fourth-order valence-corrected chi connectivity index (χ4v) is 6.41. The first kappa shape index (κ1) is 27.3. The van der Waals surface area contributed by atoms with E-state index in [9.17, 15) is 18.0 Å². The molecule has 1 aromatic heterocycles. The summed E-state index contributed by atoms with van der Waals surface area (Å²) >= 11 is 1.11. The Labute approximate surface area is 230 Å². The molecule has 10 nitrogen and oxygen atoms in total. The molecule has 2 aliphatic rings. The highest BCUT2D eigenvalue weighted by Gasteiger charge is 2.37. The van der Waals surface area contributed by atoms with E-state index in [1.54, 1.807) is 43.3 Å². The first-order valence-electron chi connectivity index (χ1n) is 12.6. The number of anilines is 1. The Morgan fingerprint density at radius 1 is 1.15 bits per heavy atom. The van der Waals surface area contributed by atoms with Gasteiger partial charge in [-0.3, -0.25) is 10.1 Å². The Hall–Kier alpha value is -3.32. The van der Waals surface area contributed by atoms with Gasteiger partial charge in [0.2, 0.25) is 5.06 Å². The van der Waals surface area contributed by atoms with Crippen LogP contribution in [0.4, 0.5) is 5.13 Å². The third-order valence-corrected chi connectivity index (χ3v) is 9.28. The maximum atomic E-state index is 13.3. The fourth-order valence-electron chi connectivity index (χ4n) is 4.06. The van der Waals surface area contributed by atoms with Crippen LogP contribution in [0.3, 0.4) is 0 Å². The highest BCUT2D eigenvalue weighted by atomic mass is 32.2. The lowest BCUT2D eigenvalue weighted by Crippen LogP contribution is -2.28. The van der Waals surface area contributed by atoms with Crippen molar-refractivity contribution >= 4 is 38.2 Å². The molecule has 0 bridgehead atoms. The van der Waals surface area contributed by atoms with Gasteiger partial charge in [0, 0.05) is 6.61 Å². The summed E-state index contributed by atoms with van der Waals surface area (Å²) < 4.78 is 47.5. The third kappa shape index (κ3) is 6.64. The van der Waals surface area contributed by atoms with Gasteiger partial charge in [0.25, 0.3) is 5.91 Å². The summed E-state index contributed by atoms with van der Waals surface area (Å²) in [5, 5.41) is 3.15. The maximum Gasteiger partial charge on any atom is 0.338 e. The summed E-state index contributed by atoms with van der Waals surface area (Å²) in [6.07, 6.45) is 2.21. The molecular formula is C27H28N2O8S2. The number of amides is 1.